The lowest BCUT2D eigenvalue weighted by Gasteiger charge is -2.32. The lowest BCUT2D eigenvalue weighted by atomic mass is 9.71. The van der Waals surface area contributed by atoms with Crippen molar-refractivity contribution in [2.75, 3.05) is 0 Å². The molecule has 0 heterocycles. The second-order valence-electron chi connectivity index (χ2n) is 5.48. The second kappa shape index (κ2) is 3.81. The number of hydrogen-bond donors (Lipinski definition) is 0. The summed E-state index contributed by atoms with van der Waals surface area (Å²) in [6.45, 7) is 8.34. The molecule has 0 bridgehead atoms. The van der Waals surface area contributed by atoms with Crippen LogP contribution in [0.5, 0.6) is 0 Å². The molecule has 0 amide bonds. The van der Waals surface area contributed by atoms with Crippen molar-refractivity contribution in [3.8, 4) is 0 Å². The van der Waals surface area contributed by atoms with Crippen LogP contribution in [0.25, 0.3) is 0 Å². The van der Waals surface area contributed by atoms with Gasteiger partial charge in [0.15, 0.2) is 0 Å². The van der Waals surface area contributed by atoms with Gasteiger partial charge in [-0.25, -0.2) is 0 Å². The first-order valence-electron chi connectivity index (χ1n) is 5.47. The summed E-state index contributed by atoms with van der Waals surface area (Å²) in [4.78, 5) is 12.0. The van der Waals surface area contributed by atoms with E-state index in [1.807, 2.05) is 20.8 Å². The van der Waals surface area contributed by atoms with Gasteiger partial charge in [0.25, 0.3) is 0 Å². The molecule has 0 aromatic heterocycles. The van der Waals surface area contributed by atoms with Gasteiger partial charge in [-0.15, -0.1) is 0 Å². The van der Waals surface area contributed by atoms with E-state index in [1.54, 1.807) is 0 Å². The van der Waals surface area contributed by atoms with Gasteiger partial charge in [0, 0.05) is 11.3 Å². The molecule has 2 unspecified atom stereocenters. The third kappa shape index (κ3) is 2.55. The molecular formula is C12H22O. The minimum atomic E-state index is -0.143. The Kier molecular flexibility index (Phi) is 3.15. The summed E-state index contributed by atoms with van der Waals surface area (Å²) in [5.74, 6) is 1.42. The molecule has 1 heteroatoms. The Morgan fingerprint density at radius 1 is 1.15 bits per heavy atom. The molecule has 1 nitrogen and oxygen atoms in total. The lowest BCUT2D eigenvalue weighted by Crippen LogP contribution is -2.34. The molecular weight excluding hydrogens is 160 g/mol. The van der Waals surface area contributed by atoms with Crippen LogP contribution in [0, 0.1) is 17.3 Å². The van der Waals surface area contributed by atoms with E-state index in [4.69, 9.17) is 0 Å². The minimum absolute atomic E-state index is 0.143. The van der Waals surface area contributed by atoms with Gasteiger partial charge in [-0.3, -0.25) is 4.79 Å². The fourth-order valence-electron chi connectivity index (χ4n) is 2.26. The van der Waals surface area contributed by atoms with Gasteiger partial charge in [-0.2, -0.15) is 0 Å². The molecule has 0 N–H and O–H groups in total. The molecule has 76 valence electrons. The molecule has 13 heavy (non-hydrogen) atoms. The largest absolute Gasteiger partial charge is 0.299 e. The number of Topliss-reactive ketones (excluding diaryl/α,β-unsaturated/α-hetero) is 1. The van der Waals surface area contributed by atoms with Crippen molar-refractivity contribution in [1.29, 1.82) is 0 Å². The number of hydrogen-bond acceptors (Lipinski definition) is 1. The molecule has 1 aliphatic rings. The third-order valence-electron chi connectivity index (χ3n) is 3.19. The summed E-state index contributed by atoms with van der Waals surface area (Å²) in [5.41, 5.74) is -0.143. The van der Waals surface area contributed by atoms with Crippen molar-refractivity contribution in [2.24, 2.45) is 17.3 Å². The maximum Gasteiger partial charge on any atom is 0.141 e. The highest BCUT2D eigenvalue weighted by Gasteiger charge is 2.34. The molecule has 1 saturated carbocycles. The van der Waals surface area contributed by atoms with E-state index >= 15 is 0 Å². The quantitative estimate of drug-likeness (QED) is 0.607. The van der Waals surface area contributed by atoms with E-state index in [0.717, 1.165) is 6.42 Å². The molecule has 1 rings (SSSR count). The highest BCUT2D eigenvalue weighted by atomic mass is 16.1. The average molecular weight is 182 g/mol. The summed E-state index contributed by atoms with van der Waals surface area (Å²) in [6.07, 6.45) is 4.93. The van der Waals surface area contributed by atoms with Gasteiger partial charge in [0.1, 0.15) is 5.78 Å². The van der Waals surface area contributed by atoms with Gasteiger partial charge in [-0.05, 0) is 12.3 Å². The Labute approximate surface area is 81.9 Å². The minimum Gasteiger partial charge on any atom is -0.299 e. The van der Waals surface area contributed by atoms with Crippen LogP contribution in [0.1, 0.15) is 53.4 Å². The highest BCUT2D eigenvalue weighted by molar-refractivity contribution is 5.86. The predicted octanol–water partition coefficient (Wildman–Crippen LogP) is 3.43. The van der Waals surface area contributed by atoms with Gasteiger partial charge >= 0.3 is 0 Å². The topological polar surface area (TPSA) is 17.1 Å². The van der Waals surface area contributed by atoms with Gasteiger partial charge < -0.3 is 0 Å². The Balaban J connectivity index is 2.64. The zero-order chi connectivity index (χ0) is 10.1. The molecule has 0 spiro atoms. The molecule has 0 aromatic rings. The average Bonchev–Trinajstić information content (AvgIpc) is 2.02. The van der Waals surface area contributed by atoms with Crippen molar-refractivity contribution in [2.45, 2.75) is 53.4 Å². The van der Waals surface area contributed by atoms with E-state index in [-0.39, 0.29) is 5.41 Å². The van der Waals surface area contributed by atoms with Crippen molar-refractivity contribution < 1.29 is 4.79 Å². The Morgan fingerprint density at radius 3 is 2.15 bits per heavy atom. The van der Waals surface area contributed by atoms with Crippen LogP contribution in [0.2, 0.25) is 0 Å². The SMILES string of the molecule is CC1CCCCC1C(=O)C(C)(C)C. The summed E-state index contributed by atoms with van der Waals surface area (Å²) in [5, 5.41) is 0. The first kappa shape index (κ1) is 10.7. The number of ketones is 1. The van der Waals surface area contributed by atoms with Crippen LogP contribution in [0.4, 0.5) is 0 Å². The maximum absolute atomic E-state index is 12.0. The molecule has 1 aliphatic carbocycles. The summed E-state index contributed by atoms with van der Waals surface area (Å²) >= 11 is 0. The summed E-state index contributed by atoms with van der Waals surface area (Å²) in [7, 11) is 0. The molecule has 2 atom stereocenters. The van der Waals surface area contributed by atoms with Crippen molar-refractivity contribution in [1.82, 2.24) is 0 Å². The van der Waals surface area contributed by atoms with Crippen molar-refractivity contribution in [3.63, 3.8) is 0 Å². The smallest absolute Gasteiger partial charge is 0.141 e. The molecule has 0 saturated heterocycles. The van der Waals surface area contributed by atoms with Crippen LogP contribution in [0.3, 0.4) is 0 Å². The first-order valence-corrected chi connectivity index (χ1v) is 5.47. The zero-order valence-corrected chi connectivity index (χ0v) is 9.39. The molecule has 0 radical (unpaired) electrons. The number of carbonyl (C=O) groups is 1. The lowest BCUT2D eigenvalue weighted by molar-refractivity contribution is -0.133. The highest BCUT2D eigenvalue weighted by Crippen LogP contribution is 2.34. The van der Waals surface area contributed by atoms with Crippen LogP contribution >= 0.6 is 0 Å². The van der Waals surface area contributed by atoms with Gasteiger partial charge in [0.2, 0.25) is 0 Å². The van der Waals surface area contributed by atoms with E-state index in [2.05, 4.69) is 6.92 Å². The number of carbonyl (C=O) groups excluding carboxylic acids is 1. The van der Waals surface area contributed by atoms with Crippen LogP contribution in [-0.2, 0) is 4.79 Å². The first-order chi connectivity index (χ1) is 5.93. The van der Waals surface area contributed by atoms with Crippen molar-refractivity contribution in [3.05, 3.63) is 0 Å². The Bertz CT molecular complexity index is 188. The van der Waals surface area contributed by atoms with E-state index < -0.39 is 0 Å². The third-order valence-corrected chi connectivity index (χ3v) is 3.19. The molecule has 0 aliphatic heterocycles. The van der Waals surface area contributed by atoms with Gasteiger partial charge in [0.05, 0.1) is 0 Å². The molecule has 0 aromatic carbocycles. The second-order valence-corrected chi connectivity index (χ2v) is 5.48. The van der Waals surface area contributed by atoms with Crippen LogP contribution < -0.4 is 0 Å². The predicted molar refractivity (Wildman–Crippen MR) is 55.6 cm³/mol. The maximum atomic E-state index is 12.0. The molecule has 1 fully saturated rings. The van der Waals surface area contributed by atoms with E-state index in [1.165, 1.54) is 19.3 Å². The Hall–Kier alpha value is -0.330. The normalized spacial score (nSPS) is 30.2. The monoisotopic (exact) mass is 182 g/mol. The zero-order valence-electron chi connectivity index (χ0n) is 9.39. The van der Waals surface area contributed by atoms with E-state index in [9.17, 15) is 4.79 Å². The standard InChI is InChI=1S/C12H22O/c1-9-7-5-6-8-10(9)11(13)12(2,3)4/h9-10H,5-8H2,1-4H3. The van der Waals surface area contributed by atoms with Crippen LogP contribution in [-0.4, -0.2) is 5.78 Å². The number of rotatable bonds is 1. The van der Waals surface area contributed by atoms with Gasteiger partial charge in [-0.1, -0.05) is 47.0 Å². The van der Waals surface area contributed by atoms with Crippen LogP contribution in [0.15, 0.2) is 0 Å². The fourth-order valence-corrected chi connectivity index (χ4v) is 2.26. The van der Waals surface area contributed by atoms with E-state index in [0.29, 0.717) is 17.6 Å². The summed E-state index contributed by atoms with van der Waals surface area (Å²) in [6, 6.07) is 0. The summed E-state index contributed by atoms with van der Waals surface area (Å²) < 4.78 is 0. The Morgan fingerprint density at radius 2 is 1.69 bits per heavy atom. The van der Waals surface area contributed by atoms with Crippen molar-refractivity contribution >= 4 is 5.78 Å². The fraction of sp³-hybridized carbons (Fsp3) is 0.917.